The van der Waals surface area contributed by atoms with E-state index in [4.69, 9.17) is 9.90 Å². The van der Waals surface area contributed by atoms with Crippen molar-refractivity contribution in [2.24, 2.45) is 0 Å². The van der Waals surface area contributed by atoms with Crippen LogP contribution in [0.25, 0.3) is 0 Å². The van der Waals surface area contributed by atoms with E-state index in [1.54, 1.807) is 0 Å². The monoisotopic (exact) mass is 361 g/mol. The topological polar surface area (TPSA) is 113 Å². The summed E-state index contributed by atoms with van der Waals surface area (Å²) in [6.07, 6.45) is 1.28. The normalized spacial score (nSPS) is 7.54. The number of carboxylic acids is 1. The summed E-state index contributed by atoms with van der Waals surface area (Å²) in [5, 5.41) is 8.89. The molecule has 2 rings (SSSR count). The predicted molar refractivity (Wildman–Crippen MR) is 103 cm³/mol. The van der Waals surface area contributed by atoms with Crippen molar-refractivity contribution in [3.8, 4) is 0 Å². The molecule has 0 saturated heterocycles. The van der Waals surface area contributed by atoms with Gasteiger partial charge in [0.25, 0.3) is 0 Å². The summed E-state index contributed by atoms with van der Waals surface area (Å²) in [6, 6.07) is 20.5. The van der Waals surface area contributed by atoms with Crippen LogP contribution in [0.2, 0.25) is 0 Å². The Bertz CT molecular complexity index is 546. The molecule has 6 nitrogen and oxygen atoms in total. The van der Waals surface area contributed by atoms with E-state index in [2.05, 4.69) is 55.0 Å². The summed E-state index contributed by atoms with van der Waals surface area (Å²) < 4.78 is 0. The Labute approximate surface area is 156 Å². The molecule has 0 aromatic heterocycles. The Morgan fingerprint density at radius 1 is 0.923 bits per heavy atom. The van der Waals surface area contributed by atoms with E-state index in [0.29, 0.717) is 0 Å². The van der Waals surface area contributed by atoms with Crippen molar-refractivity contribution in [1.29, 1.82) is 0 Å². The van der Waals surface area contributed by atoms with Crippen molar-refractivity contribution in [3.63, 3.8) is 0 Å². The number of hydrogen-bond acceptors (Lipinski definition) is 6. The third-order valence-corrected chi connectivity index (χ3v) is 2.17. The highest BCUT2D eigenvalue weighted by atomic mass is 16.7. The molecule has 144 valence electrons. The molecule has 0 saturated carbocycles. The molecule has 2 aromatic carbocycles. The van der Waals surface area contributed by atoms with E-state index in [1.165, 1.54) is 24.3 Å². The van der Waals surface area contributed by atoms with Crippen molar-refractivity contribution in [2.75, 3.05) is 0 Å². The molecule has 0 fully saturated rings. The lowest BCUT2D eigenvalue weighted by molar-refractivity contribution is -0.302. The molecule has 0 aliphatic heterocycles. The highest BCUT2D eigenvalue weighted by Crippen LogP contribution is 1.92. The first-order valence-corrected chi connectivity index (χ1v) is 7.54. The second kappa shape index (κ2) is 19.9. The summed E-state index contributed by atoms with van der Waals surface area (Å²) in [5.41, 5.74) is 4.81. The molecular formula is C20H29N2O4-. The first kappa shape index (κ1) is 27.7. The van der Waals surface area contributed by atoms with Crippen molar-refractivity contribution in [3.05, 3.63) is 84.6 Å². The fourth-order valence-corrected chi connectivity index (χ4v) is 1.19. The number of carboxylic acid groups (broad SMARTS) is 1. The minimum absolute atomic E-state index is 0. The molecule has 0 aliphatic rings. The summed E-state index contributed by atoms with van der Waals surface area (Å²) in [4.78, 5) is 22.9. The van der Waals surface area contributed by atoms with Gasteiger partial charge >= 0.3 is 5.97 Å². The number of hydroxylamine groups is 1. The molecular weight excluding hydrogens is 332 g/mol. The quantitative estimate of drug-likeness (QED) is 0.795. The minimum Gasteiger partial charge on any atom is -0.550 e. The number of aryl methyl sites for hydroxylation is 2. The van der Waals surface area contributed by atoms with Gasteiger partial charge in [-0.3, -0.25) is 4.79 Å². The van der Waals surface area contributed by atoms with Crippen LogP contribution < -0.4 is 16.7 Å². The molecule has 26 heavy (non-hydrogen) atoms. The zero-order chi connectivity index (χ0) is 19.5. The second-order valence-corrected chi connectivity index (χ2v) is 4.72. The summed E-state index contributed by atoms with van der Waals surface area (Å²) in [6.45, 7) is 9.69. The van der Waals surface area contributed by atoms with Crippen molar-refractivity contribution < 1.29 is 19.5 Å². The Balaban J connectivity index is -0.000000273. The van der Waals surface area contributed by atoms with Gasteiger partial charge in [-0.1, -0.05) is 78.4 Å². The van der Waals surface area contributed by atoms with Crippen LogP contribution in [0.5, 0.6) is 0 Å². The number of rotatable bonds is 2. The van der Waals surface area contributed by atoms with Crippen LogP contribution in [0.15, 0.2) is 73.4 Å². The molecule has 0 radical (unpaired) electrons. The highest BCUT2D eigenvalue weighted by Gasteiger charge is 1.82. The van der Waals surface area contributed by atoms with Gasteiger partial charge in [0.1, 0.15) is 0 Å². The van der Waals surface area contributed by atoms with Crippen molar-refractivity contribution in [2.45, 2.75) is 27.7 Å². The fourth-order valence-electron chi connectivity index (χ4n) is 1.19. The molecule has 0 spiro atoms. The second-order valence-electron chi connectivity index (χ2n) is 4.72. The fraction of sp³-hybridized carbons (Fsp3) is 0.200. The minimum atomic E-state index is -1.08. The van der Waals surface area contributed by atoms with Crippen LogP contribution in [-0.2, 0) is 14.4 Å². The Morgan fingerprint density at radius 3 is 1.35 bits per heavy atom. The Kier molecular flexibility index (Phi) is 21.2. The van der Waals surface area contributed by atoms with E-state index < -0.39 is 5.97 Å². The standard InChI is InChI=1S/2C7H8.C4H7NO2.C2H4O2.H3N/c2*1-7-5-3-2-4-6-7;1-3-5-7-4(2)6;1-2(3)4;/h2*2-6H,1H3;3,5H,1H2,2H3;1H3,(H,3,4);1H3/p-1. The summed E-state index contributed by atoms with van der Waals surface area (Å²) in [7, 11) is 0. The summed E-state index contributed by atoms with van der Waals surface area (Å²) >= 11 is 0. The number of carbonyl (C=O) groups excluding carboxylic acids is 2. The van der Waals surface area contributed by atoms with Gasteiger partial charge < -0.3 is 20.9 Å². The van der Waals surface area contributed by atoms with E-state index in [1.807, 2.05) is 36.4 Å². The van der Waals surface area contributed by atoms with Crippen LogP contribution in [-0.4, -0.2) is 11.9 Å². The average molecular weight is 361 g/mol. The molecule has 0 amide bonds. The maximum Gasteiger partial charge on any atom is 0.329 e. The zero-order valence-corrected chi connectivity index (χ0v) is 15.9. The maximum absolute atomic E-state index is 9.87. The van der Waals surface area contributed by atoms with Crippen LogP contribution in [0, 0.1) is 13.8 Å². The van der Waals surface area contributed by atoms with E-state index in [9.17, 15) is 4.79 Å². The highest BCUT2D eigenvalue weighted by molar-refractivity contribution is 5.65. The molecule has 0 bridgehead atoms. The average Bonchev–Trinajstić information content (AvgIpc) is 2.55. The third-order valence-electron chi connectivity index (χ3n) is 2.17. The van der Waals surface area contributed by atoms with E-state index in [-0.39, 0.29) is 12.1 Å². The van der Waals surface area contributed by atoms with Gasteiger partial charge in [-0.15, -0.1) is 0 Å². The van der Waals surface area contributed by atoms with E-state index in [0.717, 1.165) is 6.92 Å². The number of benzene rings is 2. The molecule has 4 N–H and O–H groups in total. The van der Waals surface area contributed by atoms with Crippen LogP contribution in [0.4, 0.5) is 0 Å². The van der Waals surface area contributed by atoms with Crippen LogP contribution in [0.1, 0.15) is 25.0 Å². The van der Waals surface area contributed by atoms with Gasteiger partial charge in [-0.2, -0.15) is 0 Å². The Hall–Kier alpha value is -3.12. The number of hydrogen-bond donors (Lipinski definition) is 2. The first-order valence-electron chi connectivity index (χ1n) is 7.54. The number of carbonyl (C=O) groups is 2. The largest absolute Gasteiger partial charge is 0.550 e. The van der Waals surface area contributed by atoms with Gasteiger partial charge in [0.2, 0.25) is 0 Å². The van der Waals surface area contributed by atoms with Gasteiger partial charge in [-0.05, 0) is 20.8 Å². The molecule has 0 atom stereocenters. The van der Waals surface area contributed by atoms with Crippen molar-refractivity contribution >= 4 is 11.9 Å². The molecule has 0 aliphatic carbocycles. The van der Waals surface area contributed by atoms with Crippen LogP contribution in [0.3, 0.4) is 0 Å². The van der Waals surface area contributed by atoms with Gasteiger partial charge in [-0.25, -0.2) is 5.48 Å². The smallest absolute Gasteiger partial charge is 0.329 e. The van der Waals surface area contributed by atoms with Gasteiger partial charge in [0.15, 0.2) is 0 Å². The Morgan fingerprint density at radius 2 is 1.23 bits per heavy atom. The SMILES string of the molecule is C=CNOC(C)=O.CC(=O)[O-].Cc1ccccc1.Cc1ccccc1.N. The lowest BCUT2D eigenvalue weighted by atomic mass is 10.2. The first-order chi connectivity index (χ1) is 11.8. The molecule has 2 aromatic rings. The molecule has 0 unspecified atom stereocenters. The lowest BCUT2D eigenvalue weighted by Gasteiger charge is -1.93. The molecule has 6 heteroatoms. The number of nitrogens with one attached hydrogen (secondary N) is 1. The van der Waals surface area contributed by atoms with Gasteiger partial charge in [0.05, 0.1) is 0 Å². The zero-order valence-electron chi connectivity index (χ0n) is 15.9. The number of aliphatic carboxylic acids is 1. The van der Waals surface area contributed by atoms with Crippen LogP contribution >= 0.6 is 0 Å². The maximum atomic E-state index is 9.87. The van der Waals surface area contributed by atoms with Gasteiger partial charge in [0, 0.05) is 19.1 Å². The molecule has 0 heterocycles. The lowest BCUT2D eigenvalue weighted by Crippen LogP contribution is -2.16. The van der Waals surface area contributed by atoms with Crippen molar-refractivity contribution in [1.82, 2.24) is 11.6 Å². The predicted octanol–water partition coefficient (Wildman–Crippen LogP) is 3.11. The summed E-state index contributed by atoms with van der Waals surface area (Å²) in [5.74, 6) is -1.46. The third kappa shape index (κ3) is 29.0. The van der Waals surface area contributed by atoms with E-state index >= 15 is 0 Å².